The van der Waals surface area contributed by atoms with Crippen molar-refractivity contribution in [3.63, 3.8) is 0 Å². The zero-order valence-electron chi connectivity index (χ0n) is 17.0. The second-order valence-electron chi connectivity index (χ2n) is 8.12. The first-order chi connectivity index (χ1) is 13.2. The van der Waals surface area contributed by atoms with E-state index in [1.165, 1.54) is 5.56 Å². The average molecular weight is 385 g/mol. The van der Waals surface area contributed by atoms with E-state index < -0.39 is 29.9 Å². The summed E-state index contributed by atoms with van der Waals surface area (Å²) in [4.78, 5) is 12.3. The number of benzene rings is 2. The summed E-state index contributed by atoms with van der Waals surface area (Å²) in [7, 11) is 0. The second kappa shape index (κ2) is 10.2. The van der Waals surface area contributed by atoms with Crippen molar-refractivity contribution in [3.8, 4) is 0 Å². The Labute approximate surface area is 167 Å². The van der Waals surface area contributed by atoms with Gasteiger partial charge in [0.25, 0.3) is 0 Å². The predicted octanol–water partition coefficient (Wildman–Crippen LogP) is 3.44. The highest BCUT2D eigenvalue weighted by Crippen LogP contribution is 2.14. The van der Waals surface area contributed by atoms with E-state index in [-0.39, 0.29) is 0 Å². The minimum Gasteiger partial charge on any atom is -0.444 e. The van der Waals surface area contributed by atoms with Crippen LogP contribution in [0.1, 0.15) is 38.3 Å². The van der Waals surface area contributed by atoms with Crippen molar-refractivity contribution < 1.29 is 14.6 Å². The molecule has 0 fully saturated rings. The molecule has 0 bridgehead atoms. The summed E-state index contributed by atoms with van der Waals surface area (Å²) in [5, 5.41) is 13.7. The van der Waals surface area contributed by atoms with Crippen LogP contribution in [-0.2, 0) is 17.6 Å². The number of amides is 1. The summed E-state index contributed by atoms with van der Waals surface area (Å²) in [6, 6.07) is 18.7. The van der Waals surface area contributed by atoms with Gasteiger partial charge in [-0.25, -0.2) is 4.79 Å². The third-order valence-electron chi connectivity index (χ3n) is 4.46. The SMILES string of the molecule is CC(C)(C)OC(=O)N[C@H](Cc1ccccc1)[C@@H](O)C(N)CCc1ccccc1. The first-order valence-electron chi connectivity index (χ1n) is 9.75. The van der Waals surface area contributed by atoms with E-state index in [0.29, 0.717) is 12.8 Å². The van der Waals surface area contributed by atoms with Gasteiger partial charge < -0.3 is 20.9 Å². The molecule has 2 aromatic rings. The van der Waals surface area contributed by atoms with Crippen LogP contribution < -0.4 is 11.1 Å². The zero-order valence-corrected chi connectivity index (χ0v) is 17.0. The zero-order chi connectivity index (χ0) is 20.6. The molecule has 4 N–H and O–H groups in total. The maximum absolute atomic E-state index is 12.3. The van der Waals surface area contributed by atoms with Crippen LogP contribution in [0.25, 0.3) is 0 Å². The molecule has 0 radical (unpaired) electrons. The Morgan fingerprint density at radius 3 is 2.11 bits per heavy atom. The van der Waals surface area contributed by atoms with Crippen LogP contribution in [-0.4, -0.2) is 35.0 Å². The van der Waals surface area contributed by atoms with Gasteiger partial charge in [-0.3, -0.25) is 0 Å². The third kappa shape index (κ3) is 7.71. The van der Waals surface area contributed by atoms with Crippen molar-refractivity contribution >= 4 is 6.09 Å². The van der Waals surface area contributed by atoms with Crippen LogP contribution in [0.15, 0.2) is 60.7 Å². The van der Waals surface area contributed by atoms with Crippen LogP contribution >= 0.6 is 0 Å². The summed E-state index contributed by atoms with van der Waals surface area (Å²) in [6.07, 6.45) is 0.412. The summed E-state index contributed by atoms with van der Waals surface area (Å²) in [5.74, 6) is 0. The molecule has 1 unspecified atom stereocenters. The smallest absolute Gasteiger partial charge is 0.407 e. The topological polar surface area (TPSA) is 84.6 Å². The highest BCUT2D eigenvalue weighted by molar-refractivity contribution is 5.68. The number of nitrogens with two attached hydrogens (primary N) is 1. The number of hydrogen-bond donors (Lipinski definition) is 3. The van der Waals surface area contributed by atoms with Gasteiger partial charge in [-0.15, -0.1) is 0 Å². The maximum Gasteiger partial charge on any atom is 0.407 e. The summed E-state index contributed by atoms with van der Waals surface area (Å²) in [6.45, 7) is 5.42. The Balaban J connectivity index is 2.04. The normalized spacial score (nSPS) is 14.8. The second-order valence-corrected chi connectivity index (χ2v) is 8.12. The van der Waals surface area contributed by atoms with Crippen molar-refractivity contribution in [1.29, 1.82) is 0 Å². The number of alkyl carbamates (subject to hydrolysis) is 1. The number of hydrogen-bond acceptors (Lipinski definition) is 4. The van der Waals surface area contributed by atoms with E-state index in [9.17, 15) is 9.90 Å². The van der Waals surface area contributed by atoms with Crippen LogP contribution in [0, 0.1) is 0 Å². The lowest BCUT2D eigenvalue weighted by molar-refractivity contribution is 0.0388. The van der Waals surface area contributed by atoms with Crippen LogP contribution in [0.2, 0.25) is 0 Å². The lowest BCUT2D eigenvalue weighted by Crippen LogP contribution is -2.53. The Hall–Kier alpha value is -2.37. The molecule has 0 spiro atoms. The summed E-state index contributed by atoms with van der Waals surface area (Å²) >= 11 is 0. The van der Waals surface area contributed by atoms with E-state index >= 15 is 0 Å². The van der Waals surface area contributed by atoms with Gasteiger partial charge in [-0.05, 0) is 51.2 Å². The van der Waals surface area contributed by atoms with Gasteiger partial charge in [0.2, 0.25) is 0 Å². The van der Waals surface area contributed by atoms with Crippen LogP contribution in [0.3, 0.4) is 0 Å². The van der Waals surface area contributed by atoms with Gasteiger partial charge in [0.1, 0.15) is 5.60 Å². The molecule has 1 amide bonds. The molecule has 5 heteroatoms. The predicted molar refractivity (Wildman–Crippen MR) is 112 cm³/mol. The molecule has 5 nitrogen and oxygen atoms in total. The Bertz CT molecular complexity index is 714. The fourth-order valence-electron chi connectivity index (χ4n) is 3.03. The molecule has 3 atom stereocenters. The van der Waals surface area contributed by atoms with Gasteiger partial charge >= 0.3 is 6.09 Å². The van der Waals surface area contributed by atoms with Crippen molar-refractivity contribution in [2.24, 2.45) is 5.73 Å². The molecule has 28 heavy (non-hydrogen) atoms. The van der Waals surface area contributed by atoms with Gasteiger partial charge in [-0.2, -0.15) is 0 Å². The lowest BCUT2D eigenvalue weighted by Gasteiger charge is -2.30. The lowest BCUT2D eigenvalue weighted by atomic mass is 9.93. The summed E-state index contributed by atoms with van der Waals surface area (Å²) < 4.78 is 5.36. The number of rotatable bonds is 8. The quantitative estimate of drug-likeness (QED) is 0.651. The number of aliphatic hydroxyl groups is 1. The van der Waals surface area contributed by atoms with Crippen LogP contribution in [0.5, 0.6) is 0 Å². The molecular weight excluding hydrogens is 352 g/mol. The highest BCUT2D eigenvalue weighted by Gasteiger charge is 2.28. The van der Waals surface area contributed by atoms with Crippen molar-refractivity contribution in [2.75, 3.05) is 0 Å². The monoisotopic (exact) mass is 384 g/mol. The Kier molecular flexibility index (Phi) is 8.03. The number of aryl methyl sites for hydroxylation is 1. The molecule has 0 aliphatic carbocycles. The van der Waals surface area contributed by atoms with E-state index in [1.54, 1.807) is 20.8 Å². The summed E-state index contributed by atoms with van der Waals surface area (Å²) in [5.41, 5.74) is 7.85. The molecule has 0 aromatic heterocycles. The molecular formula is C23H32N2O3. The minimum atomic E-state index is -0.892. The van der Waals surface area contributed by atoms with Crippen molar-refractivity contribution in [1.82, 2.24) is 5.32 Å². The number of aliphatic hydroxyl groups excluding tert-OH is 1. The van der Waals surface area contributed by atoms with Gasteiger partial charge in [0.05, 0.1) is 12.1 Å². The fourth-order valence-corrected chi connectivity index (χ4v) is 3.03. The first kappa shape index (κ1) is 21.9. The average Bonchev–Trinajstić information content (AvgIpc) is 2.65. The number of carbonyl (C=O) groups excluding carboxylic acids is 1. The standard InChI is InChI=1S/C23H32N2O3/c1-23(2,3)28-22(27)25-20(16-18-12-8-5-9-13-18)21(26)19(24)15-14-17-10-6-4-7-11-17/h4-13,19-21,26H,14-16,24H2,1-3H3,(H,25,27)/t19?,20-,21+/m1/s1. The number of nitrogens with one attached hydrogen (secondary N) is 1. The molecule has 0 saturated carbocycles. The number of carbonyl (C=O) groups is 1. The largest absolute Gasteiger partial charge is 0.444 e. The first-order valence-corrected chi connectivity index (χ1v) is 9.75. The molecule has 0 saturated heterocycles. The highest BCUT2D eigenvalue weighted by atomic mass is 16.6. The fraction of sp³-hybridized carbons (Fsp3) is 0.435. The van der Waals surface area contributed by atoms with Crippen molar-refractivity contribution in [2.45, 2.75) is 63.8 Å². The van der Waals surface area contributed by atoms with Gasteiger partial charge in [0.15, 0.2) is 0 Å². The van der Waals surface area contributed by atoms with E-state index in [4.69, 9.17) is 10.5 Å². The molecule has 152 valence electrons. The molecule has 2 rings (SSSR count). The Morgan fingerprint density at radius 1 is 1.04 bits per heavy atom. The molecule has 2 aromatic carbocycles. The van der Waals surface area contributed by atoms with E-state index in [1.807, 2.05) is 60.7 Å². The third-order valence-corrected chi connectivity index (χ3v) is 4.46. The van der Waals surface area contributed by atoms with Crippen molar-refractivity contribution in [3.05, 3.63) is 71.8 Å². The van der Waals surface area contributed by atoms with E-state index in [0.717, 1.165) is 12.0 Å². The van der Waals surface area contributed by atoms with E-state index in [2.05, 4.69) is 5.32 Å². The molecule has 0 aliphatic rings. The molecule has 0 aliphatic heterocycles. The number of ether oxygens (including phenoxy) is 1. The Morgan fingerprint density at radius 2 is 1.57 bits per heavy atom. The minimum absolute atomic E-state index is 0.469. The van der Waals surface area contributed by atoms with Gasteiger partial charge in [0, 0.05) is 6.04 Å². The van der Waals surface area contributed by atoms with Gasteiger partial charge in [-0.1, -0.05) is 60.7 Å². The molecule has 0 heterocycles. The van der Waals surface area contributed by atoms with Crippen LogP contribution in [0.4, 0.5) is 4.79 Å². The maximum atomic E-state index is 12.3.